The minimum Gasteiger partial charge on any atom is -0.391 e. The molecule has 0 bridgehead atoms. The molecular weight excluding hydrogens is 375 g/mol. The zero-order chi connectivity index (χ0) is 20.2. The van der Waals surface area contributed by atoms with Gasteiger partial charge in [0.05, 0.1) is 11.7 Å². The van der Waals surface area contributed by atoms with Gasteiger partial charge in [0.15, 0.2) is 0 Å². The number of amides is 1. The molecule has 1 aliphatic rings. The van der Waals surface area contributed by atoms with Crippen LogP contribution in [0.1, 0.15) is 17.9 Å². The van der Waals surface area contributed by atoms with Crippen LogP contribution in [0.2, 0.25) is 0 Å². The smallest absolute Gasteiger partial charge is 0.227 e. The third-order valence-corrected chi connectivity index (χ3v) is 5.14. The normalized spacial score (nSPS) is 18.9. The number of carbonyl (C=O) groups excluding carboxylic acids is 1. The number of rotatable bonds is 6. The van der Waals surface area contributed by atoms with Crippen LogP contribution in [0.4, 0.5) is 4.39 Å². The molecule has 8 heteroatoms. The summed E-state index contributed by atoms with van der Waals surface area (Å²) in [4.78, 5) is 22.4. The molecule has 0 aliphatic carbocycles. The van der Waals surface area contributed by atoms with Crippen LogP contribution in [0.25, 0.3) is 11.4 Å². The Bertz CT molecular complexity index is 979. The number of benzene rings is 1. The van der Waals surface area contributed by atoms with E-state index in [4.69, 9.17) is 4.52 Å². The average Bonchev–Trinajstić information content (AvgIpc) is 3.34. The van der Waals surface area contributed by atoms with Gasteiger partial charge in [-0.25, -0.2) is 4.39 Å². The number of likely N-dealkylation sites (tertiary alicyclic amines) is 1. The first-order valence-corrected chi connectivity index (χ1v) is 9.52. The number of carbonyl (C=O) groups is 1. The molecule has 4 rings (SSSR count). The number of nitrogens with zero attached hydrogens (tertiary/aromatic N) is 4. The van der Waals surface area contributed by atoms with Crippen LogP contribution in [-0.4, -0.2) is 50.2 Å². The Balaban J connectivity index is 1.32. The third-order valence-electron chi connectivity index (χ3n) is 5.14. The summed E-state index contributed by atoms with van der Waals surface area (Å²) in [7, 11) is 0. The van der Waals surface area contributed by atoms with E-state index in [0.29, 0.717) is 19.5 Å². The highest BCUT2D eigenvalue weighted by atomic mass is 19.1. The molecule has 0 radical (unpaired) electrons. The number of aliphatic hydroxyl groups is 1. The lowest BCUT2D eigenvalue weighted by Crippen LogP contribution is -2.29. The summed E-state index contributed by atoms with van der Waals surface area (Å²) in [5.41, 5.74) is 1.35. The zero-order valence-corrected chi connectivity index (χ0v) is 15.7. The van der Waals surface area contributed by atoms with Crippen molar-refractivity contribution in [2.24, 2.45) is 5.92 Å². The van der Waals surface area contributed by atoms with Gasteiger partial charge in [-0.2, -0.15) is 4.98 Å². The van der Waals surface area contributed by atoms with Gasteiger partial charge >= 0.3 is 0 Å². The maximum absolute atomic E-state index is 13.8. The molecule has 0 unspecified atom stereocenters. The standard InChI is InChI=1S/C21H21FN4O3/c22-17-4-2-1-3-16(17)21-24-19(29-25-21)5-6-20(28)26-12-15(18(27)13-26)11-14-7-9-23-10-8-14/h1-4,7-10,15,18,27H,5-6,11-13H2/t15-,18-/m1/s1. The Morgan fingerprint density at radius 1 is 1.21 bits per heavy atom. The summed E-state index contributed by atoms with van der Waals surface area (Å²) in [6.07, 6.45) is 4.04. The highest BCUT2D eigenvalue weighted by Crippen LogP contribution is 2.23. The predicted molar refractivity (Wildman–Crippen MR) is 102 cm³/mol. The summed E-state index contributed by atoms with van der Waals surface area (Å²) >= 11 is 0. The van der Waals surface area contributed by atoms with E-state index in [0.717, 1.165) is 5.56 Å². The van der Waals surface area contributed by atoms with Crippen LogP contribution < -0.4 is 0 Å². The predicted octanol–water partition coefficient (Wildman–Crippen LogP) is 2.27. The number of aliphatic hydroxyl groups excluding tert-OH is 1. The first-order chi connectivity index (χ1) is 14.1. The Morgan fingerprint density at radius 3 is 2.79 bits per heavy atom. The van der Waals surface area contributed by atoms with Gasteiger partial charge in [-0.05, 0) is 36.2 Å². The molecule has 1 aliphatic heterocycles. The largest absolute Gasteiger partial charge is 0.391 e. The zero-order valence-electron chi connectivity index (χ0n) is 15.7. The molecule has 1 saturated heterocycles. The molecule has 2 atom stereocenters. The number of β-amino-alcohol motifs (C(OH)–C–C–N with tert-alkyl or cyclic N) is 1. The highest BCUT2D eigenvalue weighted by molar-refractivity contribution is 5.76. The van der Waals surface area contributed by atoms with Crippen molar-refractivity contribution in [1.29, 1.82) is 0 Å². The van der Waals surface area contributed by atoms with Gasteiger partial charge in [-0.1, -0.05) is 17.3 Å². The average molecular weight is 396 g/mol. The number of aromatic nitrogens is 3. The molecule has 3 heterocycles. The fourth-order valence-corrected chi connectivity index (χ4v) is 3.56. The van der Waals surface area contributed by atoms with Gasteiger partial charge in [0.25, 0.3) is 0 Å². The van der Waals surface area contributed by atoms with Crippen LogP contribution in [0.15, 0.2) is 53.3 Å². The molecule has 7 nitrogen and oxygen atoms in total. The first-order valence-electron chi connectivity index (χ1n) is 9.52. The second-order valence-electron chi connectivity index (χ2n) is 7.18. The number of pyridine rings is 1. The molecule has 3 aromatic rings. The minimum atomic E-state index is -0.553. The second-order valence-corrected chi connectivity index (χ2v) is 7.18. The van der Waals surface area contributed by atoms with Gasteiger partial charge in [-0.15, -0.1) is 0 Å². The van der Waals surface area contributed by atoms with Crippen molar-refractivity contribution in [1.82, 2.24) is 20.0 Å². The van der Waals surface area contributed by atoms with Crippen LogP contribution in [0.3, 0.4) is 0 Å². The van der Waals surface area contributed by atoms with Gasteiger partial charge in [-0.3, -0.25) is 9.78 Å². The van der Waals surface area contributed by atoms with E-state index in [1.54, 1.807) is 35.5 Å². The minimum absolute atomic E-state index is 0.00240. The summed E-state index contributed by atoms with van der Waals surface area (Å²) in [5.74, 6) is -0.0594. The van der Waals surface area contributed by atoms with Crippen molar-refractivity contribution in [3.05, 3.63) is 66.1 Å². The van der Waals surface area contributed by atoms with E-state index < -0.39 is 11.9 Å². The van der Waals surface area contributed by atoms with Crippen LogP contribution in [-0.2, 0) is 17.6 Å². The summed E-state index contributed by atoms with van der Waals surface area (Å²) in [5, 5.41) is 14.1. The SMILES string of the molecule is O=C(CCc1nc(-c2ccccc2F)no1)N1C[C@@H](Cc2ccncc2)[C@H](O)C1. The third kappa shape index (κ3) is 4.48. The van der Waals surface area contributed by atoms with Gasteiger partial charge in [0.2, 0.25) is 17.6 Å². The Labute approximate surface area is 167 Å². The van der Waals surface area contributed by atoms with E-state index in [2.05, 4.69) is 15.1 Å². The monoisotopic (exact) mass is 396 g/mol. The van der Waals surface area contributed by atoms with Crippen molar-refractivity contribution in [3.63, 3.8) is 0 Å². The van der Waals surface area contributed by atoms with Crippen molar-refractivity contribution < 1.29 is 18.8 Å². The van der Waals surface area contributed by atoms with Gasteiger partial charge in [0, 0.05) is 44.2 Å². The van der Waals surface area contributed by atoms with Crippen molar-refractivity contribution in [3.8, 4) is 11.4 Å². The van der Waals surface area contributed by atoms with Crippen molar-refractivity contribution in [2.75, 3.05) is 13.1 Å². The molecule has 0 spiro atoms. The Hall–Kier alpha value is -3.13. The maximum Gasteiger partial charge on any atom is 0.227 e. The van der Waals surface area contributed by atoms with Gasteiger partial charge in [0.1, 0.15) is 5.82 Å². The summed E-state index contributed by atoms with van der Waals surface area (Å²) < 4.78 is 19.0. The number of aryl methyl sites for hydroxylation is 1. The lowest BCUT2D eigenvalue weighted by atomic mass is 9.97. The molecule has 150 valence electrons. The quantitative estimate of drug-likeness (QED) is 0.687. The van der Waals surface area contributed by atoms with Crippen LogP contribution in [0, 0.1) is 11.7 Å². The number of hydrogen-bond acceptors (Lipinski definition) is 6. The lowest BCUT2D eigenvalue weighted by Gasteiger charge is -2.15. The Morgan fingerprint density at radius 2 is 2.00 bits per heavy atom. The maximum atomic E-state index is 13.8. The molecule has 0 saturated carbocycles. The van der Waals surface area contributed by atoms with E-state index in [1.165, 1.54) is 6.07 Å². The molecular formula is C21H21FN4O3. The molecule has 1 amide bonds. The van der Waals surface area contributed by atoms with E-state index in [9.17, 15) is 14.3 Å². The molecule has 2 aromatic heterocycles. The highest BCUT2D eigenvalue weighted by Gasteiger charge is 2.33. The molecule has 1 aromatic carbocycles. The molecule has 1 N–H and O–H groups in total. The van der Waals surface area contributed by atoms with Crippen molar-refractivity contribution >= 4 is 5.91 Å². The second kappa shape index (κ2) is 8.48. The fourth-order valence-electron chi connectivity index (χ4n) is 3.56. The van der Waals surface area contributed by atoms with Crippen LogP contribution >= 0.6 is 0 Å². The summed E-state index contributed by atoms with van der Waals surface area (Å²) in [6, 6.07) is 10.0. The fraction of sp³-hybridized carbons (Fsp3) is 0.333. The number of halogens is 1. The Kier molecular flexibility index (Phi) is 5.62. The number of hydrogen-bond donors (Lipinski definition) is 1. The molecule has 1 fully saturated rings. The first kappa shape index (κ1) is 19.2. The van der Waals surface area contributed by atoms with E-state index in [-0.39, 0.29) is 41.9 Å². The van der Waals surface area contributed by atoms with Gasteiger partial charge < -0.3 is 14.5 Å². The topological polar surface area (TPSA) is 92.4 Å². The summed E-state index contributed by atoms with van der Waals surface area (Å²) in [6.45, 7) is 0.825. The van der Waals surface area contributed by atoms with Crippen molar-refractivity contribution in [2.45, 2.75) is 25.4 Å². The lowest BCUT2D eigenvalue weighted by molar-refractivity contribution is -0.130. The van der Waals surface area contributed by atoms with Crippen LogP contribution in [0.5, 0.6) is 0 Å². The molecule has 29 heavy (non-hydrogen) atoms. The van der Waals surface area contributed by atoms with E-state index in [1.807, 2.05) is 12.1 Å². The van der Waals surface area contributed by atoms with E-state index >= 15 is 0 Å².